The van der Waals surface area contributed by atoms with Crippen LogP contribution in [0.2, 0.25) is 0 Å². The lowest BCUT2D eigenvalue weighted by Crippen LogP contribution is -2.37. The van der Waals surface area contributed by atoms with E-state index in [2.05, 4.69) is 17.0 Å². The molecule has 2 aromatic carbocycles. The van der Waals surface area contributed by atoms with Gasteiger partial charge in [0.25, 0.3) is 11.8 Å². The number of fused-ring (bicyclic) bond motifs is 1. The van der Waals surface area contributed by atoms with Gasteiger partial charge in [0, 0.05) is 19.6 Å². The Morgan fingerprint density at radius 2 is 1.66 bits per heavy atom. The zero-order valence-corrected chi connectivity index (χ0v) is 17.0. The first-order valence-corrected chi connectivity index (χ1v) is 10.3. The van der Waals surface area contributed by atoms with Crippen LogP contribution < -0.4 is 4.74 Å². The molecule has 5 nitrogen and oxygen atoms in total. The Balaban J connectivity index is 1.75. The molecular weight excluding hydrogens is 364 g/mol. The summed E-state index contributed by atoms with van der Waals surface area (Å²) in [5, 5.41) is 0. The largest absolute Gasteiger partial charge is 0.494 e. The van der Waals surface area contributed by atoms with Crippen LogP contribution in [0.1, 0.15) is 37.0 Å². The van der Waals surface area contributed by atoms with Crippen molar-refractivity contribution in [2.75, 3.05) is 19.7 Å². The number of amides is 2. The molecule has 0 N–H and O–H groups in total. The lowest BCUT2D eigenvalue weighted by atomic mass is 9.98. The first kappa shape index (κ1) is 19.2. The van der Waals surface area contributed by atoms with Crippen LogP contribution in [-0.4, -0.2) is 41.3 Å². The molecule has 0 saturated carbocycles. The predicted octanol–water partition coefficient (Wildman–Crippen LogP) is 3.63. The van der Waals surface area contributed by atoms with Crippen molar-refractivity contribution < 1.29 is 14.3 Å². The highest BCUT2D eigenvalue weighted by Crippen LogP contribution is 2.35. The van der Waals surface area contributed by atoms with Gasteiger partial charge in [0.1, 0.15) is 11.4 Å². The Hall–Kier alpha value is -3.08. The van der Waals surface area contributed by atoms with Crippen molar-refractivity contribution in [3.8, 4) is 5.75 Å². The summed E-state index contributed by atoms with van der Waals surface area (Å²) in [6.45, 7) is 6.31. The lowest BCUT2D eigenvalue weighted by molar-refractivity contribution is -0.137. The molecule has 2 heterocycles. The van der Waals surface area contributed by atoms with E-state index in [1.165, 1.54) is 16.0 Å². The smallest absolute Gasteiger partial charge is 0.277 e. The van der Waals surface area contributed by atoms with E-state index < -0.39 is 0 Å². The quantitative estimate of drug-likeness (QED) is 0.707. The summed E-state index contributed by atoms with van der Waals surface area (Å²) in [4.78, 5) is 29.9. The molecule has 5 heteroatoms. The molecule has 0 atom stereocenters. The number of ether oxygens (including phenoxy) is 1. The van der Waals surface area contributed by atoms with Gasteiger partial charge in [0.05, 0.1) is 12.2 Å². The molecule has 0 fully saturated rings. The molecule has 29 heavy (non-hydrogen) atoms. The van der Waals surface area contributed by atoms with Gasteiger partial charge in [-0.3, -0.25) is 14.5 Å². The highest BCUT2D eigenvalue weighted by Gasteiger charge is 2.41. The number of hydrogen-bond donors (Lipinski definition) is 0. The maximum absolute atomic E-state index is 13.3. The van der Waals surface area contributed by atoms with Gasteiger partial charge in [-0.15, -0.1) is 0 Å². The summed E-state index contributed by atoms with van der Waals surface area (Å²) in [6, 6.07) is 15.8. The van der Waals surface area contributed by atoms with Crippen LogP contribution >= 0.6 is 0 Å². The third-order valence-electron chi connectivity index (χ3n) is 5.49. The summed E-state index contributed by atoms with van der Waals surface area (Å²) >= 11 is 0. The average molecular weight is 390 g/mol. The highest BCUT2D eigenvalue weighted by atomic mass is 16.5. The maximum Gasteiger partial charge on any atom is 0.277 e. The molecule has 2 aliphatic rings. The second kappa shape index (κ2) is 8.11. The molecule has 0 unspecified atom stereocenters. The van der Waals surface area contributed by atoms with Gasteiger partial charge < -0.3 is 9.64 Å². The number of benzene rings is 2. The topological polar surface area (TPSA) is 49.9 Å². The van der Waals surface area contributed by atoms with Crippen LogP contribution in [0.25, 0.3) is 5.57 Å². The third-order valence-corrected chi connectivity index (χ3v) is 5.49. The van der Waals surface area contributed by atoms with Crippen molar-refractivity contribution in [3.63, 3.8) is 0 Å². The van der Waals surface area contributed by atoms with Crippen molar-refractivity contribution in [2.45, 2.75) is 33.2 Å². The van der Waals surface area contributed by atoms with Gasteiger partial charge in [0.2, 0.25) is 0 Å². The average Bonchev–Trinajstić information content (AvgIpc) is 2.99. The van der Waals surface area contributed by atoms with E-state index in [-0.39, 0.29) is 11.8 Å². The van der Waals surface area contributed by atoms with E-state index in [1.807, 2.05) is 50.2 Å². The van der Waals surface area contributed by atoms with Gasteiger partial charge >= 0.3 is 0 Å². The van der Waals surface area contributed by atoms with Crippen molar-refractivity contribution in [1.82, 2.24) is 9.80 Å². The normalized spacial score (nSPS) is 16.5. The Morgan fingerprint density at radius 1 is 0.931 bits per heavy atom. The van der Waals surface area contributed by atoms with E-state index in [1.54, 1.807) is 0 Å². The van der Waals surface area contributed by atoms with E-state index in [0.717, 1.165) is 30.7 Å². The Bertz CT molecular complexity index is 962. The predicted molar refractivity (Wildman–Crippen MR) is 112 cm³/mol. The zero-order chi connectivity index (χ0) is 20.4. The minimum atomic E-state index is -0.199. The van der Waals surface area contributed by atoms with E-state index in [9.17, 15) is 9.59 Å². The molecule has 2 aromatic rings. The fraction of sp³-hybridized carbons (Fsp3) is 0.333. The molecule has 0 aliphatic carbocycles. The van der Waals surface area contributed by atoms with Gasteiger partial charge in [-0.05, 0) is 48.6 Å². The van der Waals surface area contributed by atoms with Gasteiger partial charge in [-0.2, -0.15) is 0 Å². The molecule has 0 radical (unpaired) electrons. The van der Waals surface area contributed by atoms with E-state index >= 15 is 0 Å². The summed E-state index contributed by atoms with van der Waals surface area (Å²) < 4.78 is 5.52. The Kier molecular flexibility index (Phi) is 5.38. The number of rotatable bonds is 6. The number of hydrogen-bond acceptors (Lipinski definition) is 4. The first-order chi connectivity index (χ1) is 14.1. The third kappa shape index (κ3) is 3.53. The Morgan fingerprint density at radius 3 is 2.34 bits per heavy atom. The minimum absolute atomic E-state index is 0.180. The second-order valence-electron chi connectivity index (χ2n) is 7.38. The molecule has 0 aromatic heterocycles. The fourth-order valence-corrected chi connectivity index (χ4v) is 4.11. The molecule has 0 bridgehead atoms. The molecule has 4 rings (SSSR count). The summed E-state index contributed by atoms with van der Waals surface area (Å²) in [7, 11) is 0. The van der Waals surface area contributed by atoms with Gasteiger partial charge in [-0.25, -0.2) is 0 Å². The summed E-state index contributed by atoms with van der Waals surface area (Å²) in [5.41, 5.74) is 4.33. The van der Waals surface area contributed by atoms with Crippen molar-refractivity contribution in [3.05, 3.63) is 70.9 Å². The van der Waals surface area contributed by atoms with Crippen molar-refractivity contribution in [1.29, 1.82) is 0 Å². The summed E-state index contributed by atoms with van der Waals surface area (Å²) in [5.74, 6) is 0.377. The van der Waals surface area contributed by atoms with E-state index in [4.69, 9.17) is 4.74 Å². The second-order valence-corrected chi connectivity index (χ2v) is 7.38. The molecule has 2 amide bonds. The molecular formula is C24H26N2O3. The number of nitrogens with zero attached hydrogens (tertiary/aromatic N) is 2. The van der Waals surface area contributed by atoms with Crippen LogP contribution in [0.4, 0.5) is 0 Å². The van der Waals surface area contributed by atoms with Crippen LogP contribution in [0, 0.1) is 0 Å². The minimum Gasteiger partial charge on any atom is -0.494 e. The van der Waals surface area contributed by atoms with Crippen molar-refractivity contribution >= 4 is 17.4 Å². The van der Waals surface area contributed by atoms with Crippen molar-refractivity contribution in [2.24, 2.45) is 0 Å². The lowest BCUT2D eigenvalue weighted by Gasteiger charge is -2.31. The van der Waals surface area contributed by atoms with Crippen LogP contribution in [-0.2, 0) is 22.6 Å². The Labute approximate surface area is 171 Å². The van der Waals surface area contributed by atoms with Gasteiger partial charge in [-0.1, -0.05) is 43.3 Å². The van der Waals surface area contributed by atoms with Crippen LogP contribution in [0.5, 0.6) is 5.75 Å². The number of carbonyl (C=O) groups excluding carboxylic acids is 2. The molecule has 0 saturated heterocycles. The van der Waals surface area contributed by atoms with Crippen LogP contribution in [0.3, 0.4) is 0 Å². The monoisotopic (exact) mass is 390 g/mol. The van der Waals surface area contributed by atoms with E-state index in [0.29, 0.717) is 31.0 Å². The molecule has 0 spiro atoms. The zero-order valence-electron chi connectivity index (χ0n) is 17.0. The van der Waals surface area contributed by atoms with Gasteiger partial charge in [0.15, 0.2) is 0 Å². The molecule has 2 aliphatic heterocycles. The summed E-state index contributed by atoms with van der Waals surface area (Å²) in [6.07, 6.45) is 1.61. The number of carbonyl (C=O) groups is 2. The maximum atomic E-state index is 13.3. The highest BCUT2D eigenvalue weighted by molar-refractivity contribution is 6.35. The first-order valence-electron chi connectivity index (χ1n) is 10.3. The fourth-order valence-electron chi connectivity index (χ4n) is 4.11. The SMILES string of the molecule is CCCN1C(=O)C(c2ccc(OCC)cc2)=C(N2CCc3ccccc3C2)C1=O. The standard InChI is InChI=1S/C24H26N2O3/c1-3-14-26-23(27)21(18-9-11-20(12-10-18)29-4-2)22(24(26)28)25-15-13-17-7-5-6-8-19(17)16-25/h5-12H,3-4,13-16H2,1-2H3. The van der Waals surface area contributed by atoms with Crippen LogP contribution in [0.15, 0.2) is 54.2 Å². The number of imide groups is 1. The molecule has 150 valence electrons.